The van der Waals surface area contributed by atoms with Crippen LogP contribution in [0.2, 0.25) is 0 Å². The normalized spacial score (nSPS) is 10.8. The first kappa shape index (κ1) is 11.7. The first-order valence-electron chi connectivity index (χ1n) is 6.05. The lowest BCUT2D eigenvalue weighted by atomic mass is 10.00. The van der Waals surface area contributed by atoms with Crippen LogP contribution in [0.4, 0.5) is 4.39 Å². The standard InChI is InChI=1S/C16H12FNO/c1-10(19)16-15(11-6-2-4-8-13(11)17)12-7-3-5-9-14(12)18-16/h2-9,18H,1H3. The summed E-state index contributed by atoms with van der Waals surface area (Å²) in [5, 5.41) is 0.859. The monoisotopic (exact) mass is 253 g/mol. The molecule has 0 unspecified atom stereocenters. The molecule has 0 saturated heterocycles. The van der Waals surface area contributed by atoms with E-state index >= 15 is 0 Å². The number of hydrogen-bond acceptors (Lipinski definition) is 1. The number of carbonyl (C=O) groups is 1. The van der Waals surface area contributed by atoms with Crippen LogP contribution in [0.5, 0.6) is 0 Å². The molecule has 0 aliphatic rings. The second-order valence-corrected chi connectivity index (χ2v) is 4.46. The third-order valence-corrected chi connectivity index (χ3v) is 3.20. The van der Waals surface area contributed by atoms with Crippen molar-refractivity contribution in [3.05, 3.63) is 60.0 Å². The van der Waals surface area contributed by atoms with E-state index in [0.29, 0.717) is 16.8 Å². The molecule has 1 N–H and O–H groups in total. The van der Waals surface area contributed by atoms with Gasteiger partial charge in [-0.1, -0.05) is 36.4 Å². The van der Waals surface area contributed by atoms with Crippen LogP contribution in [0.25, 0.3) is 22.0 Å². The summed E-state index contributed by atoms with van der Waals surface area (Å²) in [6.07, 6.45) is 0. The predicted octanol–water partition coefficient (Wildman–Crippen LogP) is 4.18. The van der Waals surface area contributed by atoms with Crippen molar-refractivity contribution >= 4 is 16.7 Å². The van der Waals surface area contributed by atoms with Gasteiger partial charge in [-0.2, -0.15) is 0 Å². The lowest BCUT2D eigenvalue weighted by molar-refractivity contribution is 0.101. The number of para-hydroxylation sites is 1. The summed E-state index contributed by atoms with van der Waals surface area (Å²) in [6.45, 7) is 1.48. The quantitative estimate of drug-likeness (QED) is 0.683. The van der Waals surface area contributed by atoms with Gasteiger partial charge in [-0.15, -0.1) is 0 Å². The molecule has 0 atom stereocenters. The highest BCUT2D eigenvalue weighted by atomic mass is 19.1. The Balaban J connectivity index is 2.42. The zero-order valence-electron chi connectivity index (χ0n) is 10.4. The fourth-order valence-electron chi connectivity index (χ4n) is 2.35. The summed E-state index contributed by atoms with van der Waals surface area (Å²) in [5.41, 5.74) is 2.38. The molecule has 3 aromatic rings. The second kappa shape index (κ2) is 4.35. The van der Waals surface area contributed by atoms with E-state index in [2.05, 4.69) is 4.98 Å². The Morgan fingerprint density at radius 1 is 1.05 bits per heavy atom. The van der Waals surface area contributed by atoms with Crippen LogP contribution in [0, 0.1) is 5.82 Å². The molecular weight excluding hydrogens is 241 g/mol. The molecule has 0 aliphatic carbocycles. The number of hydrogen-bond donors (Lipinski definition) is 1. The Kier molecular flexibility index (Phi) is 2.67. The lowest BCUT2D eigenvalue weighted by Gasteiger charge is -2.04. The Morgan fingerprint density at radius 2 is 1.74 bits per heavy atom. The van der Waals surface area contributed by atoms with Gasteiger partial charge in [0.05, 0.1) is 5.69 Å². The zero-order valence-corrected chi connectivity index (χ0v) is 10.4. The van der Waals surface area contributed by atoms with Gasteiger partial charge in [0, 0.05) is 29.0 Å². The Bertz CT molecular complexity index is 773. The molecule has 3 heteroatoms. The van der Waals surface area contributed by atoms with Crippen molar-refractivity contribution < 1.29 is 9.18 Å². The first-order valence-corrected chi connectivity index (χ1v) is 6.05. The molecule has 0 spiro atoms. The molecule has 1 heterocycles. The van der Waals surface area contributed by atoms with Crippen LogP contribution in [0.1, 0.15) is 17.4 Å². The molecule has 2 aromatic carbocycles. The summed E-state index contributed by atoms with van der Waals surface area (Å²) in [6, 6.07) is 14.0. The van der Waals surface area contributed by atoms with Gasteiger partial charge < -0.3 is 4.98 Å². The van der Waals surface area contributed by atoms with E-state index in [4.69, 9.17) is 0 Å². The molecule has 94 valence electrons. The third-order valence-electron chi connectivity index (χ3n) is 3.20. The van der Waals surface area contributed by atoms with Gasteiger partial charge in [-0.3, -0.25) is 4.79 Å². The fourth-order valence-corrected chi connectivity index (χ4v) is 2.35. The maximum absolute atomic E-state index is 14.0. The van der Waals surface area contributed by atoms with Gasteiger partial charge in [-0.25, -0.2) is 4.39 Å². The summed E-state index contributed by atoms with van der Waals surface area (Å²) < 4.78 is 14.0. The van der Waals surface area contributed by atoms with E-state index in [1.54, 1.807) is 18.2 Å². The molecular formula is C16H12FNO. The SMILES string of the molecule is CC(=O)c1[nH]c2ccccc2c1-c1ccccc1F. The van der Waals surface area contributed by atoms with Crippen LogP contribution in [0.3, 0.4) is 0 Å². The highest BCUT2D eigenvalue weighted by molar-refractivity contribution is 6.09. The molecule has 0 amide bonds. The fraction of sp³-hybridized carbons (Fsp3) is 0.0625. The van der Waals surface area contributed by atoms with E-state index in [9.17, 15) is 9.18 Å². The average Bonchev–Trinajstić information content (AvgIpc) is 2.79. The number of fused-ring (bicyclic) bond motifs is 1. The Hall–Kier alpha value is -2.42. The predicted molar refractivity (Wildman–Crippen MR) is 73.7 cm³/mol. The summed E-state index contributed by atoms with van der Waals surface area (Å²) in [7, 11) is 0. The number of Topliss-reactive ketones (excluding diaryl/α,β-unsaturated/α-hetero) is 1. The smallest absolute Gasteiger partial charge is 0.176 e. The first-order chi connectivity index (χ1) is 9.18. The van der Waals surface area contributed by atoms with Crippen molar-refractivity contribution in [3.8, 4) is 11.1 Å². The molecule has 0 aliphatic heterocycles. The number of halogens is 1. The van der Waals surface area contributed by atoms with E-state index in [-0.39, 0.29) is 11.6 Å². The van der Waals surface area contributed by atoms with Gasteiger partial charge in [0.25, 0.3) is 0 Å². The summed E-state index contributed by atoms with van der Waals surface area (Å²) in [4.78, 5) is 14.8. The lowest BCUT2D eigenvalue weighted by Crippen LogP contribution is -1.96. The maximum atomic E-state index is 14.0. The second-order valence-electron chi connectivity index (χ2n) is 4.46. The number of nitrogens with one attached hydrogen (secondary N) is 1. The van der Waals surface area contributed by atoms with E-state index < -0.39 is 0 Å². The topological polar surface area (TPSA) is 32.9 Å². The van der Waals surface area contributed by atoms with Gasteiger partial charge >= 0.3 is 0 Å². The molecule has 0 fully saturated rings. The minimum absolute atomic E-state index is 0.102. The molecule has 1 aromatic heterocycles. The zero-order chi connectivity index (χ0) is 13.4. The number of ketones is 1. The summed E-state index contributed by atoms with van der Waals surface area (Å²) >= 11 is 0. The van der Waals surface area contributed by atoms with Crippen LogP contribution < -0.4 is 0 Å². The maximum Gasteiger partial charge on any atom is 0.176 e. The van der Waals surface area contributed by atoms with Gasteiger partial charge in [-0.05, 0) is 12.1 Å². The van der Waals surface area contributed by atoms with Crippen molar-refractivity contribution in [1.82, 2.24) is 4.98 Å². The molecule has 3 rings (SSSR count). The van der Waals surface area contributed by atoms with Gasteiger partial charge in [0.1, 0.15) is 5.82 Å². The number of aromatic nitrogens is 1. The highest BCUT2D eigenvalue weighted by Crippen LogP contribution is 2.34. The number of aromatic amines is 1. The molecule has 0 saturated carbocycles. The molecule has 0 radical (unpaired) electrons. The van der Waals surface area contributed by atoms with Crippen LogP contribution in [0.15, 0.2) is 48.5 Å². The minimum atomic E-state index is -0.324. The van der Waals surface area contributed by atoms with E-state index in [1.807, 2.05) is 24.3 Å². The Labute approximate surface area is 109 Å². The third kappa shape index (κ3) is 1.83. The Morgan fingerprint density at radius 3 is 2.47 bits per heavy atom. The molecule has 0 bridgehead atoms. The highest BCUT2D eigenvalue weighted by Gasteiger charge is 2.18. The number of benzene rings is 2. The van der Waals surface area contributed by atoms with Crippen LogP contribution >= 0.6 is 0 Å². The molecule has 2 nitrogen and oxygen atoms in total. The van der Waals surface area contributed by atoms with Crippen LogP contribution in [-0.2, 0) is 0 Å². The van der Waals surface area contributed by atoms with Crippen molar-refractivity contribution in [2.24, 2.45) is 0 Å². The minimum Gasteiger partial charge on any atom is -0.352 e. The van der Waals surface area contributed by atoms with E-state index in [0.717, 1.165) is 10.9 Å². The largest absolute Gasteiger partial charge is 0.352 e. The van der Waals surface area contributed by atoms with E-state index in [1.165, 1.54) is 13.0 Å². The number of H-pyrrole nitrogens is 1. The van der Waals surface area contributed by atoms with Crippen molar-refractivity contribution in [1.29, 1.82) is 0 Å². The number of carbonyl (C=O) groups excluding carboxylic acids is 1. The number of rotatable bonds is 2. The van der Waals surface area contributed by atoms with Crippen molar-refractivity contribution in [3.63, 3.8) is 0 Å². The van der Waals surface area contributed by atoms with Crippen molar-refractivity contribution in [2.75, 3.05) is 0 Å². The van der Waals surface area contributed by atoms with Gasteiger partial charge in [0.15, 0.2) is 5.78 Å². The van der Waals surface area contributed by atoms with Gasteiger partial charge in [0.2, 0.25) is 0 Å². The van der Waals surface area contributed by atoms with Crippen LogP contribution in [-0.4, -0.2) is 10.8 Å². The summed E-state index contributed by atoms with van der Waals surface area (Å²) in [5.74, 6) is -0.427. The van der Waals surface area contributed by atoms with Crippen molar-refractivity contribution in [2.45, 2.75) is 6.92 Å². The average molecular weight is 253 g/mol. The molecule has 19 heavy (non-hydrogen) atoms.